The Labute approximate surface area is 122 Å². The molecule has 1 aromatic heterocycles. The Morgan fingerprint density at radius 3 is 2.70 bits per heavy atom. The Kier molecular flexibility index (Phi) is 4.77. The van der Waals surface area contributed by atoms with Crippen LogP contribution in [0.2, 0.25) is 0 Å². The average Bonchev–Trinajstić information content (AvgIpc) is 2.89. The second kappa shape index (κ2) is 6.19. The molecular formula is C12H17NO5S2. The highest BCUT2D eigenvalue weighted by Gasteiger charge is 2.30. The van der Waals surface area contributed by atoms with Crippen molar-refractivity contribution in [3.05, 3.63) is 17.9 Å². The molecule has 20 heavy (non-hydrogen) atoms. The van der Waals surface area contributed by atoms with Gasteiger partial charge in [0.2, 0.25) is 10.9 Å². The van der Waals surface area contributed by atoms with Gasteiger partial charge < -0.3 is 9.52 Å². The Morgan fingerprint density at radius 1 is 1.40 bits per heavy atom. The summed E-state index contributed by atoms with van der Waals surface area (Å²) in [5.74, 6) is -1.67. The fourth-order valence-corrected chi connectivity index (χ4v) is 4.62. The standard InChI is InChI=1S/C12H17NO5S2/c1-19-10-5-3-2-4-8(10)13-20(16,17)11-7-6-9(18-11)12(14)15/h6-8,10,13H,2-5H2,1H3,(H,14,15). The van der Waals surface area contributed by atoms with E-state index >= 15 is 0 Å². The molecular weight excluding hydrogens is 302 g/mol. The van der Waals surface area contributed by atoms with Crippen LogP contribution in [0.3, 0.4) is 0 Å². The highest BCUT2D eigenvalue weighted by Crippen LogP contribution is 2.28. The van der Waals surface area contributed by atoms with Crippen molar-refractivity contribution in [2.24, 2.45) is 0 Å². The highest BCUT2D eigenvalue weighted by atomic mass is 32.2. The lowest BCUT2D eigenvalue weighted by molar-refractivity contribution is 0.0656. The number of carboxylic acids is 1. The second-order valence-corrected chi connectivity index (χ2v) is 7.43. The number of nitrogens with one attached hydrogen (secondary N) is 1. The van der Waals surface area contributed by atoms with Crippen molar-refractivity contribution in [2.45, 2.75) is 42.1 Å². The lowest BCUT2D eigenvalue weighted by Gasteiger charge is -2.30. The Hall–Kier alpha value is -0.990. The molecule has 1 aliphatic carbocycles. The summed E-state index contributed by atoms with van der Waals surface area (Å²) in [7, 11) is -3.81. The zero-order valence-electron chi connectivity index (χ0n) is 11.0. The largest absolute Gasteiger partial charge is 0.475 e. The number of carbonyl (C=O) groups is 1. The van der Waals surface area contributed by atoms with Crippen molar-refractivity contribution in [1.29, 1.82) is 0 Å². The maximum absolute atomic E-state index is 12.2. The van der Waals surface area contributed by atoms with Crippen LogP contribution >= 0.6 is 11.8 Å². The second-order valence-electron chi connectivity index (χ2n) is 4.71. The summed E-state index contributed by atoms with van der Waals surface area (Å²) in [4.78, 5) is 10.7. The summed E-state index contributed by atoms with van der Waals surface area (Å²) in [6.07, 6.45) is 5.83. The fourth-order valence-electron chi connectivity index (χ4n) is 2.35. The summed E-state index contributed by atoms with van der Waals surface area (Å²) in [6.45, 7) is 0. The zero-order valence-corrected chi connectivity index (χ0v) is 12.7. The van der Waals surface area contributed by atoms with Gasteiger partial charge in [-0.2, -0.15) is 11.8 Å². The van der Waals surface area contributed by atoms with Crippen LogP contribution in [0.4, 0.5) is 0 Å². The van der Waals surface area contributed by atoms with Crippen molar-refractivity contribution < 1.29 is 22.7 Å². The normalized spacial score (nSPS) is 23.6. The van der Waals surface area contributed by atoms with Gasteiger partial charge in [-0.25, -0.2) is 17.9 Å². The molecule has 1 aliphatic rings. The van der Waals surface area contributed by atoms with Gasteiger partial charge in [-0.3, -0.25) is 0 Å². The topological polar surface area (TPSA) is 96.6 Å². The van der Waals surface area contributed by atoms with Crippen LogP contribution in [0.5, 0.6) is 0 Å². The van der Waals surface area contributed by atoms with Gasteiger partial charge in [0.05, 0.1) is 0 Å². The minimum absolute atomic E-state index is 0.137. The van der Waals surface area contributed by atoms with Gasteiger partial charge in [-0.05, 0) is 31.2 Å². The minimum atomic E-state index is -3.81. The van der Waals surface area contributed by atoms with Crippen LogP contribution in [-0.4, -0.2) is 37.0 Å². The number of furan rings is 1. The molecule has 1 aromatic rings. The number of hydrogen-bond donors (Lipinski definition) is 2. The molecule has 8 heteroatoms. The summed E-state index contributed by atoms with van der Waals surface area (Å²) < 4.78 is 31.9. The first-order valence-electron chi connectivity index (χ1n) is 6.32. The molecule has 0 amide bonds. The number of sulfonamides is 1. The van der Waals surface area contributed by atoms with Gasteiger partial charge >= 0.3 is 5.97 Å². The number of hydrogen-bond acceptors (Lipinski definition) is 5. The van der Waals surface area contributed by atoms with Gasteiger partial charge in [0.25, 0.3) is 10.0 Å². The SMILES string of the molecule is CSC1CCCCC1NS(=O)(=O)c1ccc(C(=O)O)o1. The molecule has 1 fully saturated rings. The number of carboxylic acid groups (broad SMARTS) is 1. The summed E-state index contributed by atoms with van der Waals surface area (Å²) in [5, 5.41) is 8.65. The van der Waals surface area contributed by atoms with Gasteiger partial charge in [0.1, 0.15) is 0 Å². The molecule has 2 unspecified atom stereocenters. The summed E-state index contributed by atoms with van der Waals surface area (Å²) in [5.41, 5.74) is 0. The van der Waals surface area contributed by atoms with Crippen molar-refractivity contribution >= 4 is 27.8 Å². The molecule has 0 aliphatic heterocycles. The molecule has 2 rings (SSSR count). The van der Waals surface area contributed by atoms with Crippen molar-refractivity contribution in [1.82, 2.24) is 4.72 Å². The predicted molar refractivity (Wildman–Crippen MR) is 75.5 cm³/mol. The molecule has 112 valence electrons. The molecule has 1 heterocycles. The maximum Gasteiger partial charge on any atom is 0.371 e. The van der Waals surface area contributed by atoms with Crippen LogP contribution in [0, 0.1) is 0 Å². The molecule has 0 spiro atoms. The van der Waals surface area contributed by atoms with E-state index in [4.69, 9.17) is 9.52 Å². The van der Waals surface area contributed by atoms with E-state index in [0.29, 0.717) is 0 Å². The van der Waals surface area contributed by atoms with E-state index in [0.717, 1.165) is 31.7 Å². The number of rotatable bonds is 5. The molecule has 1 saturated carbocycles. The fraction of sp³-hybridized carbons (Fsp3) is 0.583. The smallest absolute Gasteiger partial charge is 0.371 e. The van der Waals surface area contributed by atoms with Gasteiger partial charge in [0, 0.05) is 11.3 Å². The third kappa shape index (κ3) is 3.36. The van der Waals surface area contributed by atoms with Gasteiger partial charge in [-0.15, -0.1) is 0 Å². The van der Waals surface area contributed by atoms with Crippen molar-refractivity contribution in [2.75, 3.05) is 6.26 Å². The zero-order chi connectivity index (χ0) is 14.8. The summed E-state index contributed by atoms with van der Waals surface area (Å²) >= 11 is 1.65. The molecule has 0 saturated heterocycles. The molecule has 0 bridgehead atoms. The van der Waals surface area contributed by atoms with Crippen LogP contribution in [0.1, 0.15) is 36.2 Å². The minimum Gasteiger partial charge on any atom is -0.475 e. The molecule has 0 aromatic carbocycles. The van der Waals surface area contributed by atoms with Crippen LogP contribution < -0.4 is 4.72 Å². The van der Waals surface area contributed by atoms with Crippen LogP contribution in [0.15, 0.2) is 21.6 Å². The monoisotopic (exact) mass is 319 g/mol. The van der Waals surface area contributed by atoms with Crippen LogP contribution in [0.25, 0.3) is 0 Å². The lowest BCUT2D eigenvalue weighted by atomic mass is 9.96. The molecule has 0 radical (unpaired) electrons. The van der Waals surface area contributed by atoms with Crippen LogP contribution in [-0.2, 0) is 10.0 Å². The first-order valence-corrected chi connectivity index (χ1v) is 9.09. The van der Waals surface area contributed by atoms with E-state index in [1.807, 2.05) is 6.26 Å². The predicted octanol–water partition coefficient (Wildman–Crippen LogP) is 1.93. The molecule has 2 N–H and O–H groups in total. The molecule has 2 atom stereocenters. The van der Waals surface area contributed by atoms with E-state index < -0.39 is 16.0 Å². The van der Waals surface area contributed by atoms with E-state index in [1.54, 1.807) is 11.8 Å². The Morgan fingerprint density at radius 2 is 2.10 bits per heavy atom. The number of thioether (sulfide) groups is 1. The summed E-state index contributed by atoms with van der Waals surface area (Å²) in [6, 6.07) is 2.18. The third-order valence-electron chi connectivity index (χ3n) is 3.37. The van der Waals surface area contributed by atoms with E-state index in [1.165, 1.54) is 6.07 Å². The lowest BCUT2D eigenvalue weighted by Crippen LogP contribution is -2.43. The van der Waals surface area contributed by atoms with Crippen molar-refractivity contribution in [3.63, 3.8) is 0 Å². The first kappa shape index (κ1) is 15.4. The van der Waals surface area contributed by atoms with Gasteiger partial charge in [0.15, 0.2) is 0 Å². The van der Waals surface area contributed by atoms with Gasteiger partial charge in [-0.1, -0.05) is 12.8 Å². The first-order chi connectivity index (χ1) is 9.44. The quantitative estimate of drug-likeness (QED) is 0.861. The average molecular weight is 319 g/mol. The van der Waals surface area contributed by atoms with E-state index in [2.05, 4.69) is 4.72 Å². The van der Waals surface area contributed by atoms with Crippen molar-refractivity contribution in [3.8, 4) is 0 Å². The number of aromatic carboxylic acids is 1. The highest BCUT2D eigenvalue weighted by molar-refractivity contribution is 7.99. The molecule has 6 nitrogen and oxygen atoms in total. The van der Waals surface area contributed by atoms with E-state index in [9.17, 15) is 13.2 Å². The Bertz CT molecular complexity index is 580. The van der Waals surface area contributed by atoms with E-state index in [-0.39, 0.29) is 22.1 Å². The maximum atomic E-state index is 12.2. The third-order valence-corrected chi connectivity index (χ3v) is 5.90. The Balaban J connectivity index is 2.15.